The van der Waals surface area contributed by atoms with Gasteiger partial charge in [-0.2, -0.15) is 0 Å². The largest absolute Gasteiger partial charge is 0.481 e. The summed E-state index contributed by atoms with van der Waals surface area (Å²) in [7, 11) is 0. The Kier molecular flexibility index (Phi) is 7.06. The van der Waals surface area contributed by atoms with Gasteiger partial charge >= 0.3 is 0 Å². The summed E-state index contributed by atoms with van der Waals surface area (Å²) in [6.45, 7) is 2.08. The molecule has 0 aliphatic rings. The molecule has 0 atom stereocenters. The van der Waals surface area contributed by atoms with Crippen LogP contribution >= 0.6 is 23.7 Å². The molecule has 0 spiro atoms. The normalized spacial score (nSPS) is 9.42. The molecule has 4 heteroatoms. The Morgan fingerprint density at radius 3 is 2.58 bits per heavy atom. The van der Waals surface area contributed by atoms with E-state index in [1.54, 1.807) is 11.3 Å². The van der Waals surface area contributed by atoms with E-state index in [1.165, 1.54) is 10.4 Å². The van der Waals surface area contributed by atoms with Crippen molar-refractivity contribution in [1.29, 1.82) is 0 Å². The van der Waals surface area contributed by atoms with E-state index in [-0.39, 0.29) is 12.4 Å². The third-order valence-electron chi connectivity index (χ3n) is 2.45. The van der Waals surface area contributed by atoms with Crippen molar-refractivity contribution in [3.8, 4) is 18.1 Å². The van der Waals surface area contributed by atoms with Gasteiger partial charge in [0, 0.05) is 18.0 Å². The fourth-order valence-electron chi connectivity index (χ4n) is 1.57. The van der Waals surface area contributed by atoms with Crippen molar-refractivity contribution < 1.29 is 4.74 Å². The Labute approximate surface area is 124 Å². The topological polar surface area (TPSA) is 21.3 Å². The molecule has 19 heavy (non-hydrogen) atoms. The van der Waals surface area contributed by atoms with E-state index in [4.69, 9.17) is 11.2 Å². The van der Waals surface area contributed by atoms with Gasteiger partial charge in [0.25, 0.3) is 0 Å². The molecule has 1 aromatic carbocycles. The van der Waals surface area contributed by atoms with Gasteiger partial charge in [0.05, 0.1) is 0 Å². The van der Waals surface area contributed by atoms with Gasteiger partial charge in [-0.3, -0.25) is 0 Å². The van der Waals surface area contributed by atoms with Crippen LogP contribution in [0.3, 0.4) is 0 Å². The molecule has 0 saturated heterocycles. The number of terminal acetylenes is 1. The van der Waals surface area contributed by atoms with Gasteiger partial charge in [0.2, 0.25) is 0 Å². The highest BCUT2D eigenvalue weighted by atomic mass is 35.5. The Morgan fingerprint density at radius 1 is 1.16 bits per heavy atom. The summed E-state index contributed by atoms with van der Waals surface area (Å²) in [5.41, 5.74) is 1.24. The minimum atomic E-state index is 0. The van der Waals surface area contributed by atoms with Crippen molar-refractivity contribution in [1.82, 2.24) is 5.32 Å². The van der Waals surface area contributed by atoms with E-state index >= 15 is 0 Å². The summed E-state index contributed by atoms with van der Waals surface area (Å²) in [5, 5.41) is 5.50. The zero-order chi connectivity index (χ0) is 12.6. The molecular weight excluding hydrogens is 278 g/mol. The van der Waals surface area contributed by atoms with Gasteiger partial charge in [-0.25, -0.2) is 0 Å². The monoisotopic (exact) mass is 293 g/mol. The van der Waals surface area contributed by atoms with Crippen molar-refractivity contribution >= 4 is 23.7 Å². The zero-order valence-corrected chi connectivity index (χ0v) is 12.1. The minimum absolute atomic E-state index is 0. The van der Waals surface area contributed by atoms with E-state index in [2.05, 4.69) is 28.8 Å². The third kappa shape index (κ3) is 5.35. The molecule has 2 aromatic rings. The van der Waals surface area contributed by atoms with Crippen LogP contribution in [0.15, 0.2) is 41.8 Å². The van der Waals surface area contributed by atoms with E-state index in [9.17, 15) is 0 Å². The summed E-state index contributed by atoms with van der Waals surface area (Å²) in [4.78, 5) is 1.35. The first-order valence-electron chi connectivity index (χ1n) is 5.77. The van der Waals surface area contributed by atoms with Gasteiger partial charge < -0.3 is 10.1 Å². The highest BCUT2D eigenvalue weighted by molar-refractivity contribution is 7.09. The smallest absolute Gasteiger partial charge is 0.148 e. The summed E-state index contributed by atoms with van der Waals surface area (Å²) >= 11 is 1.77. The van der Waals surface area contributed by atoms with Crippen LogP contribution in [0, 0.1) is 12.3 Å². The number of hydrogen-bond donors (Lipinski definition) is 1. The molecule has 0 amide bonds. The second-order valence-electron chi connectivity index (χ2n) is 3.82. The van der Waals surface area contributed by atoms with Crippen molar-refractivity contribution in [2.45, 2.75) is 13.1 Å². The molecule has 0 fully saturated rings. The maximum atomic E-state index is 5.32. The number of benzene rings is 1. The van der Waals surface area contributed by atoms with Crippen LogP contribution in [0.5, 0.6) is 5.75 Å². The number of hydrogen-bond acceptors (Lipinski definition) is 3. The van der Waals surface area contributed by atoms with Gasteiger partial charge in [-0.1, -0.05) is 24.1 Å². The zero-order valence-electron chi connectivity index (χ0n) is 10.5. The lowest BCUT2D eigenvalue weighted by atomic mass is 10.2. The first-order valence-corrected chi connectivity index (χ1v) is 6.65. The molecule has 1 aromatic heterocycles. The standard InChI is InChI=1S/C15H15NOS.ClH/c1-2-9-17-14-7-5-13(6-8-14)11-16-12-15-4-3-10-18-15;/h1,3-8,10,16H,9,11-12H2;1H. The Balaban J connectivity index is 0.00000180. The lowest BCUT2D eigenvalue weighted by Crippen LogP contribution is -2.11. The van der Waals surface area contributed by atoms with Crippen molar-refractivity contribution in [3.63, 3.8) is 0 Å². The van der Waals surface area contributed by atoms with Gasteiger partial charge in [0.1, 0.15) is 12.4 Å². The SMILES string of the molecule is C#CCOc1ccc(CNCc2cccs2)cc1.Cl. The van der Waals surface area contributed by atoms with Crippen molar-refractivity contribution in [2.24, 2.45) is 0 Å². The molecule has 0 bridgehead atoms. The lowest BCUT2D eigenvalue weighted by Gasteiger charge is -2.05. The Bertz CT molecular complexity index is 502. The molecule has 0 aliphatic heterocycles. The molecule has 0 radical (unpaired) electrons. The second kappa shape index (κ2) is 8.60. The molecular formula is C15H16ClNOS. The van der Waals surface area contributed by atoms with Crippen LogP contribution in [0.1, 0.15) is 10.4 Å². The quantitative estimate of drug-likeness (QED) is 0.824. The van der Waals surface area contributed by atoms with E-state index in [0.29, 0.717) is 6.61 Å². The number of rotatable bonds is 6. The Hall–Kier alpha value is -1.47. The predicted octanol–water partition coefficient (Wildman–Crippen LogP) is 3.47. The van der Waals surface area contributed by atoms with Crippen LogP contribution < -0.4 is 10.1 Å². The van der Waals surface area contributed by atoms with Crippen LogP contribution in [-0.4, -0.2) is 6.61 Å². The maximum absolute atomic E-state index is 5.32. The molecule has 0 saturated carbocycles. The van der Waals surface area contributed by atoms with Crippen LogP contribution in [0.2, 0.25) is 0 Å². The number of ether oxygens (including phenoxy) is 1. The summed E-state index contributed by atoms with van der Waals surface area (Å²) in [5.74, 6) is 3.26. The summed E-state index contributed by atoms with van der Waals surface area (Å²) in [6.07, 6.45) is 5.13. The second-order valence-corrected chi connectivity index (χ2v) is 4.85. The van der Waals surface area contributed by atoms with Crippen molar-refractivity contribution in [3.05, 3.63) is 52.2 Å². The fraction of sp³-hybridized carbons (Fsp3) is 0.200. The maximum Gasteiger partial charge on any atom is 0.148 e. The third-order valence-corrected chi connectivity index (χ3v) is 3.33. The first kappa shape index (κ1) is 15.6. The van der Waals surface area contributed by atoms with Gasteiger partial charge in [0.15, 0.2) is 0 Å². The molecule has 0 unspecified atom stereocenters. The highest BCUT2D eigenvalue weighted by Crippen LogP contribution is 2.12. The number of thiophene rings is 1. The Morgan fingerprint density at radius 2 is 1.95 bits per heavy atom. The summed E-state index contributed by atoms with van der Waals surface area (Å²) < 4.78 is 5.32. The average molecular weight is 294 g/mol. The van der Waals surface area contributed by atoms with Crippen LogP contribution in [0.25, 0.3) is 0 Å². The lowest BCUT2D eigenvalue weighted by molar-refractivity contribution is 0.370. The van der Waals surface area contributed by atoms with Gasteiger partial charge in [-0.15, -0.1) is 30.2 Å². The highest BCUT2D eigenvalue weighted by Gasteiger charge is 1.96. The van der Waals surface area contributed by atoms with Crippen molar-refractivity contribution in [2.75, 3.05) is 6.61 Å². The molecule has 1 N–H and O–H groups in total. The molecule has 0 aliphatic carbocycles. The first-order chi connectivity index (χ1) is 8.88. The summed E-state index contributed by atoms with van der Waals surface area (Å²) in [6, 6.07) is 12.2. The fourth-order valence-corrected chi connectivity index (χ4v) is 2.25. The van der Waals surface area contributed by atoms with Gasteiger partial charge in [-0.05, 0) is 29.1 Å². The predicted molar refractivity (Wildman–Crippen MR) is 82.9 cm³/mol. The number of nitrogens with one attached hydrogen (secondary N) is 1. The molecule has 100 valence electrons. The minimum Gasteiger partial charge on any atom is -0.481 e. The van der Waals surface area contributed by atoms with E-state index in [1.807, 2.05) is 24.3 Å². The molecule has 2 rings (SSSR count). The number of halogens is 1. The van der Waals surface area contributed by atoms with Crippen LogP contribution in [0.4, 0.5) is 0 Å². The van der Waals surface area contributed by atoms with E-state index in [0.717, 1.165) is 18.8 Å². The van der Waals surface area contributed by atoms with Crippen LogP contribution in [-0.2, 0) is 13.1 Å². The molecule has 2 nitrogen and oxygen atoms in total. The van der Waals surface area contributed by atoms with E-state index < -0.39 is 0 Å². The average Bonchev–Trinajstić information content (AvgIpc) is 2.91. The molecule has 1 heterocycles.